The summed E-state index contributed by atoms with van der Waals surface area (Å²) in [5, 5.41) is 16.3. The summed E-state index contributed by atoms with van der Waals surface area (Å²) < 4.78 is 31.9. The quantitative estimate of drug-likeness (QED) is 0.652. The molecule has 9 nitrogen and oxygen atoms in total. The van der Waals surface area contributed by atoms with Crippen molar-refractivity contribution in [1.82, 2.24) is 19.5 Å². The lowest BCUT2D eigenvalue weighted by Crippen LogP contribution is -2.26. The van der Waals surface area contributed by atoms with Crippen LogP contribution in [0.3, 0.4) is 0 Å². The second-order valence-electron chi connectivity index (χ2n) is 5.51. The van der Waals surface area contributed by atoms with Crippen LogP contribution in [0.1, 0.15) is 11.5 Å². The Kier molecular flexibility index (Phi) is 4.98. The average Bonchev–Trinajstić information content (AvgIpc) is 3.11. The first-order valence-electron chi connectivity index (χ1n) is 7.61. The molecule has 2 heterocycles. The van der Waals surface area contributed by atoms with Gasteiger partial charge in [0.1, 0.15) is 11.5 Å². The van der Waals surface area contributed by atoms with E-state index in [0.717, 1.165) is 5.56 Å². The number of hydrogen-bond acceptors (Lipinski definition) is 8. The molecule has 0 spiro atoms. The predicted molar refractivity (Wildman–Crippen MR) is 93.0 cm³/mol. The van der Waals surface area contributed by atoms with Crippen LogP contribution in [0.25, 0.3) is 11.6 Å². The number of anilines is 1. The summed E-state index contributed by atoms with van der Waals surface area (Å²) in [7, 11) is -2.29. The minimum absolute atomic E-state index is 0.00754. The molecule has 0 amide bonds. The molecule has 0 aliphatic carbocycles. The van der Waals surface area contributed by atoms with Crippen molar-refractivity contribution in [3.63, 3.8) is 0 Å². The molecule has 3 rings (SSSR count). The SMILES string of the molecule is CN(Cc1ccccc1)S(=O)(=O)c1cnc(-c2nnc(CO)o2)c(N)c1. The van der Waals surface area contributed by atoms with Crippen molar-refractivity contribution in [3.8, 4) is 11.6 Å². The zero-order chi connectivity index (χ0) is 18.7. The molecular weight excluding hydrogens is 358 g/mol. The lowest BCUT2D eigenvalue weighted by molar-refractivity contribution is 0.241. The first-order valence-corrected chi connectivity index (χ1v) is 9.05. The highest BCUT2D eigenvalue weighted by atomic mass is 32.2. The van der Waals surface area contributed by atoms with E-state index in [1.807, 2.05) is 30.3 Å². The number of nitrogens with two attached hydrogens (primary N) is 1. The maximum absolute atomic E-state index is 12.7. The third-order valence-electron chi connectivity index (χ3n) is 3.65. The number of nitrogens with zero attached hydrogens (tertiary/aromatic N) is 4. The average molecular weight is 375 g/mol. The largest absolute Gasteiger partial charge is 0.417 e. The fraction of sp³-hybridized carbons (Fsp3) is 0.188. The van der Waals surface area contributed by atoms with Crippen molar-refractivity contribution in [2.75, 3.05) is 12.8 Å². The van der Waals surface area contributed by atoms with E-state index in [4.69, 9.17) is 15.3 Å². The Balaban J connectivity index is 1.87. The number of benzene rings is 1. The summed E-state index contributed by atoms with van der Waals surface area (Å²) in [5.74, 6) is 0.0219. The van der Waals surface area contributed by atoms with Crippen molar-refractivity contribution >= 4 is 15.7 Å². The second-order valence-corrected chi connectivity index (χ2v) is 7.56. The summed E-state index contributed by atoms with van der Waals surface area (Å²) in [6.45, 7) is -0.196. The van der Waals surface area contributed by atoms with Crippen LogP contribution in [0.15, 0.2) is 51.9 Å². The van der Waals surface area contributed by atoms with Gasteiger partial charge < -0.3 is 15.3 Å². The van der Waals surface area contributed by atoms with E-state index >= 15 is 0 Å². The number of pyridine rings is 1. The van der Waals surface area contributed by atoms with Crippen LogP contribution in [0, 0.1) is 0 Å². The molecule has 3 aromatic rings. The minimum Gasteiger partial charge on any atom is -0.417 e. The van der Waals surface area contributed by atoms with Gasteiger partial charge >= 0.3 is 0 Å². The van der Waals surface area contributed by atoms with E-state index in [1.54, 1.807) is 0 Å². The van der Waals surface area contributed by atoms with Gasteiger partial charge in [0.2, 0.25) is 15.9 Å². The van der Waals surface area contributed by atoms with Gasteiger partial charge in [-0.15, -0.1) is 10.2 Å². The van der Waals surface area contributed by atoms with Crippen LogP contribution in [-0.2, 0) is 23.2 Å². The van der Waals surface area contributed by atoms with Crippen LogP contribution >= 0.6 is 0 Å². The molecule has 0 aliphatic heterocycles. The molecule has 0 aliphatic rings. The van der Waals surface area contributed by atoms with Gasteiger partial charge in [0, 0.05) is 19.8 Å². The number of aliphatic hydroxyl groups is 1. The summed E-state index contributed by atoms with van der Waals surface area (Å²) in [5.41, 5.74) is 7.01. The summed E-state index contributed by atoms with van der Waals surface area (Å²) in [4.78, 5) is 4.00. The number of aliphatic hydroxyl groups excluding tert-OH is 1. The molecule has 0 radical (unpaired) electrons. The topological polar surface area (TPSA) is 135 Å². The Labute approximate surface area is 150 Å². The molecule has 1 aromatic carbocycles. The molecule has 0 bridgehead atoms. The Hall–Kier alpha value is -2.82. The van der Waals surface area contributed by atoms with E-state index in [1.165, 1.54) is 23.6 Å². The maximum Gasteiger partial charge on any atom is 0.268 e. The summed E-state index contributed by atoms with van der Waals surface area (Å²) in [6, 6.07) is 10.5. The number of sulfonamides is 1. The van der Waals surface area contributed by atoms with Crippen LogP contribution in [0.4, 0.5) is 5.69 Å². The van der Waals surface area contributed by atoms with Gasteiger partial charge in [-0.2, -0.15) is 4.31 Å². The van der Waals surface area contributed by atoms with E-state index < -0.39 is 16.6 Å². The zero-order valence-electron chi connectivity index (χ0n) is 13.9. The molecule has 26 heavy (non-hydrogen) atoms. The van der Waals surface area contributed by atoms with E-state index in [-0.39, 0.29) is 34.6 Å². The van der Waals surface area contributed by atoms with Crippen LogP contribution < -0.4 is 5.73 Å². The lowest BCUT2D eigenvalue weighted by atomic mass is 10.2. The smallest absolute Gasteiger partial charge is 0.268 e. The normalized spacial score (nSPS) is 11.8. The van der Waals surface area contributed by atoms with E-state index in [0.29, 0.717) is 0 Å². The zero-order valence-corrected chi connectivity index (χ0v) is 14.7. The molecule has 0 saturated carbocycles. The Morgan fingerprint density at radius 1 is 1.23 bits per heavy atom. The maximum atomic E-state index is 12.7. The van der Waals surface area contributed by atoms with Crippen LogP contribution in [0.2, 0.25) is 0 Å². The molecular formula is C16H17N5O4S. The van der Waals surface area contributed by atoms with Gasteiger partial charge in [-0.25, -0.2) is 13.4 Å². The first kappa shape index (κ1) is 18.0. The highest BCUT2D eigenvalue weighted by molar-refractivity contribution is 7.89. The fourth-order valence-electron chi connectivity index (χ4n) is 2.30. The lowest BCUT2D eigenvalue weighted by Gasteiger charge is -2.17. The van der Waals surface area contributed by atoms with Gasteiger partial charge in [-0.05, 0) is 11.6 Å². The number of nitrogen functional groups attached to an aromatic ring is 1. The molecule has 0 atom stereocenters. The van der Waals surface area contributed by atoms with Crippen molar-refractivity contribution in [2.24, 2.45) is 0 Å². The second kappa shape index (κ2) is 7.20. The van der Waals surface area contributed by atoms with Crippen LogP contribution in [-0.4, -0.2) is 40.1 Å². The van der Waals surface area contributed by atoms with Crippen molar-refractivity contribution in [1.29, 1.82) is 0 Å². The highest BCUT2D eigenvalue weighted by Gasteiger charge is 2.23. The number of rotatable bonds is 6. The fourth-order valence-corrected chi connectivity index (χ4v) is 3.44. The third-order valence-corrected chi connectivity index (χ3v) is 5.42. The molecule has 10 heteroatoms. The monoisotopic (exact) mass is 375 g/mol. The van der Waals surface area contributed by atoms with Crippen LogP contribution in [0.5, 0.6) is 0 Å². The Morgan fingerprint density at radius 2 is 1.96 bits per heavy atom. The number of aromatic nitrogens is 3. The third kappa shape index (κ3) is 3.57. The van der Waals surface area contributed by atoms with E-state index in [2.05, 4.69) is 15.2 Å². The predicted octanol–water partition coefficient (Wildman–Crippen LogP) is 1.03. The highest BCUT2D eigenvalue weighted by Crippen LogP contribution is 2.26. The molecule has 136 valence electrons. The van der Waals surface area contributed by atoms with Gasteiger partial charge in [-0.1, -0.05) is 30.3 Å². The van der Waals surface area contributed by atoms with Crippen molar-refractivity contribution in [3.05, 3.63) is 54.0 Å². The molecule has 2 aromatic heterocycles. The Morgan fingerprint density at radius 3 is 2.58 bits per heavy atom. The van der Waals surface area contributed by atoms with Gasteiger partial charge in [-0.3, -0.25) is 0 Å². The van der Waals surface area contributed by atoms with Gasteiger partial charge in [0.05, 0.1) is 5.69 Å². The molecule has 0 saturated heterocycles. The molecule has 3 N–H and O–H groups in total. The summed E-state index contributed by atoms with van der Waals surface area (Å²) >= 11 is 0. The van der Waals surface area contributed by atoms with Crippen molar-refractivity contribution < 1.29 is 17.9 Å². The molecule has 0 fully saturated rings. The minimum atomic E-state index is -3.77. The first-order chi connectivity index (χ1) is 12.4. The Bertz CT molecular complexity index is 1000. The number of hydrogen-bond donors (Lipinski definition) is 2. The standard InChI is InChI=1S/C16H17N5O4S/c1-21(9-11-5-3-2-4-6-11)26(23,24)12-7-13(17)15(18-8-12)16-20-19-14(10-22)25-16/h2-8,22H,9-10,17H2,1H3. The van der Waals surface area contributed by atoms with Gasteiger partial charge in [0.15, 0.2) is 5.69 Å². The van der Waals surface area contributed by atoms with Gasteiger partial charge in [0.25, 0.3) is 5.89 Å². The van der Waals surface area contributed by atoms with Crippen molar-refractivity contribution in [2.45, 2.75) is 18.0 Å². The molecule has 0 unspecified atom stereocenters. The summed E-state index contributed by atoms with van der Waals surface area (Å²) in [6.07, 6.45) is 1.19. The van der Waals surface area contributed by atoms with E-state index in [9.17, 15) is 8.42 Å².